The fourth-order valence-corrected chi connectivity index (χ4v) is 3.67. The zero-order valence-electron chi connectivity index (χ0n) is 16.6. The summed E-state index contributed by atoms with van der Waals surface area (Å²) in [5.74, 6) is 0.159. The van der Waals surface area contributed by atoms with Crippen molar-refractivity contribution in [1.82, 2.24) is 14.8 Å². The molecule has 3 aromatic rings. The van der Waals surface area contributed by atoms with E-state index in [1.807, 2.05) is 4.57 Å². The summed E-state index contributed by atoms with van der Waals surface area (Å²) in [5, 5.41) is 11.2. The first-order chi connectivity index (χ1) is 14.5. The molecule has 1 N–H and O–H groups in total. The van der Waals surface area contributed by atoms with Crippen LogP contribution in [-0.2, 0) is 24.2 Å². The van der Waals surface area contributed by atoms with Crippen molar-refractivity contribution >= 4 is 11.6 Å². The predicted octanol–water partition coefficient (Wildman–Crippen LogP) is 4.14. The minimum Gasteiger partial charge on any atom is -0.494 e. The van der Waals surface area contributed by atoms with Gasteiger partial charge in [-0.15, -0.1) is 10.2 Å². The highest BCUT2D eigenvalue weighted by atomic mass is 19.1. The maximum atomic E-state index is 14.6. The zero-order valence-corrected chi connectivity index (χ0v) is 16.6. The summed E-state index contributed by atoms with van der Waals surface area (Å²) in [6, 6.07) is 8.72. The molecule has 1 aliphatic heterocycles. The number of aryl methyl sites for hydroxylation is 1. The molecule has 8 heteroatoms. The van der Waals surface area contributed by atoms with Gasteiger partial charge < -0.3 is 14.6 Å². The number of carbonyl (C=O) groups is 1. The molecule has 2 heterocycles. The van der Waals surface area contributed by atoms with E-state index < -0.39 is 11.6 Å². The molecule has 2 aromatic carbocycles. The van der Waals surface area contributed by atoms with E-state index in [2.05, 4.69) is 15.5 Å². The van der Waals surface area contributed by atoms with Crippen LogP contribution in [0.1, 0.15) is 30.7 Å². The average molecular weight is 412 g/mol. The Labute approximate surface area is 172 Å². The Bertz CT molecular complexity index is 1080. The fraction of sp³-hybridized carbons (Fsp3) is 0.318. The van der Waals surface area contributed by atoms with Gasteiger partial charge in [-0.1, -0.05) is 12.5 Å². The van der Waals surface area contributed by atoms with Crippen LogP contribution in [0.25, 0.3) is 11.4 Å². The van der Waals surface area contributed by atoms with Crippen LogP contribution < -0.4 is 10.1 Å². The van der Waals surface area contributed by atoms with E-state index in [4.69, 9.17) is 4.74 Å². The van der Waals surface area contributed by atoms with Gasteiger partial charge in [-0.2, -0.15) is 0 Å². The molecule has 0 unspecified atom stereocenters. The van der Waals surface area contributed by atoms with Crippen LogP contribution in [0.4, 0.5) is 14.5 Å². The van der Waals surface area contributed by atoms with Crippen molar-refractivity contribution in [1.29, 1.82) is 0 Å². The van der Waals surface area contributed by atoms with Crippen molar-refractivity contribution in [2.24, 2.45) is 0 Å². The summed E-state index contributed by atoms with van der Waals surface area (Å²) in [4.78, 5) is 12.4. The van der Waals surface area contributed by atoms with E-state index in [-0.39, 0.29) is 18.1 Å². The van der Waals surface area contributed by atoms with Crippen LogP contribution in [-0.4, -0.2) is 27.8 Å². The number of hydrogen-bond donors (Lipinski definition) is 1. The van der Waals surface area contributed by atoms with Gasteiger partial charge in [0, 0.05) is 18.7 Å². The van der Waals surface area contributed by atoms with Crippen LogP contribution in [0.2, 0.25) is 0 Å². The van der Waals surface area contributed by atoms with Crippen LogP contribution >= 0.6 is 0 Å². The number of aromatic nitrogens is 3. The highest BCUT2D eigenvalue weighted by molar-refractivity contribution is 5.92. The third kappa shape index (κ3) is 4.17. The Morgan fingerprint density at radius 2 is 1.97 bits per heavy atom. The maximum absolute atomic E-state index is 14.6. The maximum Gasteiger partial charge on any atom is 0.228 e. The van der Waals surface area contributed by atoms with Gasteiger partial charge >= 0.3 is 0 Å². The summed E-state index contributed by atoms with van der Waals surface area (Å²) < 4.78 is 35.2. The van der Waals surface area contributed by atoms with Gasteiger partial charge in [0.1, 0.15) is 11.6 Å². The molecule has 156 valence electrons. The number of carbonyl (C=O) groups excluding carboxylic acids is 1. The minimum atomic E-state index is -0.528. The number of methoxy groups -OCH3 is 1. The largest absolute Gasteiger partial charge is 0.494 e. The lowest BCUT2D eigenvalue weighted by Crippen LogP contribution is -2.15. The summed E-state index contributed by atoms with van der Waals surface area (Å²) >= 11 is 0. The first-order valence-corrected chi connectivity index (χ1v) is 9.89. The fourth-order valence-electron chi connectivity index (χ4n) is 3.67. The molecule has 0 spiro atoms. The Morgan fingerprint density at radius 3 is 2.77 bits per heavy atom. The van der Waals surface area contributed by atoms with Gasteiger partial charge in [0.2, 0.25) is 5.91 Å². The number of halogens is 2. The lowest BCUT2D eigenvalue weighted by molar-refractivity contribution is -0.115. The third-order valence-electron chi connectivity index (χ3n) is 5.18. The summed E-state index contributed by atoms with van der Waals surface area (Å²) in [5.41, 5.74) is 1.25. The standard InChI is InChI=1S/C22H22F2N4O2/c1-30-19-9-6-14(11-18(19)24)12-21(29)25-15-7-8-17(23)16(13-15)22-27-26-20-5-3-2-4-10-28(20)22/h6-9,11,13H,2-5,10,12H2,1H3,(H,25,29). The highest BCUT2D eigenvalue weighted by Gasteiger charge is 2.19. The van der Waals surface area contributed by atoms with Crippen LogP contribution in [0.3, 0.4) is 0 Å². The Balaban J connectivity index is 1.53. The first-order valence-electron chi connectivity index (χ1n) is 9.89. The molecule has 1 amide bonds. The number of hydrogen-bond acceptors (Lipinski definition) is 4. The summed E-state index contributed by atoms with van der Waals surface area (Å²) in [6.07, 6.45) is 3.95. The Kier molecular flexibility index (Phi) is 5.74. The van der Waals surface area contributed by atoms with E-state index in [1.165, 1.54) is 31.4 Å². The molecule has 0 fully saturated rings. The second-order valence-electron chi connectivity index (χ2n) is 7.29. The number of rotatable bonds is 5. The molecule has 0 saturated carbocycles. The Hall–Kier alpha value is -3.29. The SMILES string of the molecule is COc1ccc(CC(=O)Nc2ccc(F)c(-c3nnc4n3CCCCC4)c2)cc1F. The van der Waals surface area contributed by atoms with E-state index >= 15 is 0 Å². The van der Waals surface area contributed by atoms with Gasteiger partial charge in [0.05, 0.1) is 19.1 Å². The van der Waals surface area contributed by atoms with E-state index in [1.54, 1.807) is 12.1 Å². The molecule has 4 rings (SSSR count). The van der Waals surface area contributed by atoms with Crippen molar-refractivity contribution in [3.8, 4) is 17.1 Å². The predicted molar refractivity (Wildman–Crippen MR) is 108 cm³/mol. The first kappa shape index (κ1) is 20.0. The molecule has 6 nitrogen and oxygen atoms in total. The van der Waals surface area contributed by atoms with Crippen molar-refractivity contribution in [3.63, 3.8) is 0 Å². The van der Waals surface area contributed by atoms with E-state index in [0.717, 1.165) is 38.1 Å². The van der Waals surface area contributed by atoms with Gasteiger partial charge in [-0.3, -0.25) is 4.79 Å². The second-order valence-corrected chi connectivity index (χ2v) is 7.29. The lowest BCUT2D eigenvalue weighted by atomic mass is 10.1. The monoisotopic (exact) mass is 412 g/mol. The number of fused-ring (bicyclic) bond motifs is 1. The highest BCUT2D eigenvalue weighted by Crippen LogP contribution is 2.27. The van der Waals surface area contributed by atoms with Crippen molar-refractivity contribution in [3.05, 3.63) is 59.4 Å². The third-order valence-corrected chi connectivity index (χ3v) is 5.18. The molecule has 0 radical (unpaired) electrons. The normalized spacial score (nSPS) is 13.4. The number of amides is 1. The number of anilines is 1. The number of ether oxygens (including phenoxy) is 1. The smallest absolute Gasteiger partial charge is 0.228 e. The van der Waals surface area contributed by atoms with E-state index in [9.17, 15) is 13.6 Å². The van der Waals surface area contributed by atoms with Gasteiger partial charge in [0.25, 0.3) is 0 Å². The average Bonchev–Trinajstić information content (AvgIpc) is 2.97. The van der Waals surface area contributed by atoms with Crippen LogP contribution in [0.15, 0.2) is 36.4 Å². The van der Waals surface area contributed by atoms with Gasteiger partial charge in [-0.25, -0.2) is 8.78 Å². The molecule has 0 aliphatic carbocycles. The second kappa shape index (κ2) is 8.61. The molecule has 1 aliphatic rings. The van der Waals surface area contributed by atoms with Crippen molar-refractivity contribution in [2.45, 2.75) is 38.6 Å². The molecule has 0 atom stereocenters. The van der Waals surface area contributed by atoms with Crippen LogP contribution in [0.5, 0.6) is 5.75 Å². The number of nitrogens with one attached hydrogen (secondary N) is 1. The number of benzene rings is 2. The molecule has 0 saturated heterocycles. The molecular formula is C22H22F2N4O2. The lowest BCUT2D eigenvalue weighted by Gasteiger charge is -2.11. The topological polar surface area (TPSA) is 69.0 Å². The minimum absolute atomic E-state index is 0.0199. The molecule has 30 heavy (non-hydrogen) atoms. The van der Waals surface area contributed by atoms with Crippen molar-refractivity contribution in [2.75, 3.05) is 12.4 Å². The van der Waals surface area contributed by atoms with Gasteiger partial charge in [-0.05, 0) is 48.7 Å². The van der Waals surface area contributed by atoms with Gasteiger partial charge in [0.15, 0.2) is 17.4 Å². The quantitative estimate of drug-likeness (QED) is 0.684. The summed E-state index contributed by atoms with van der Waals surface area (Å²) in [7, 11) is 1.38. The molecule has 0 bridgehead atoms. The zero-order chi connectivity index (χ0) is 21.1. The summed E-state index contributed by atoms with van der Waals surface area (Å²) in [6.45, 7) is 0.747. The Morgan fingerprint density at radius 1 is 1.10 bits per heavy atom. The van der Waals surface area contributed by atoms with Crippen molar-refractivity contribution < 1.29 is 18.3 Å². The molecule has 1 aromatic heterocycles. The molecular weight excluding hydrogens is 390 g/mol. The van der Waals surface area contributed by atoms with E-state index in [0.29, 0.717) is 22.6 Å². The van der Waals surface area contributed by atoms with Crippen LogP contribution in [0, 0.1) is 11.6 Å². The number of nitrogens with zero attached hydrogens (tertiary/aromatic N) is 3.